The second-order valence-corrected chi connectivity index (χ2v) is 5.72. The second kappa shape index (κ2) is 4.72. The molecule has 1 aromatic heterocycles. The van der Waals surface area contributed by atoms with Crippen LogP contribution in [0.25, 0.3) is 0 Å². The maximum Gasteiger partial charge on any atom is 0.122 e. The number of nitrogens with two attached hydrogens (primary N) is 1. The fraction of sp³-hybridized carbons (Fsp3) is 0.0833. The van der Waals surface area contributed by atoms with Gasteiger partial charge in [-0.25, -0.2) is 0 Å². The van der Waals surface area contributed by atoms with E-state index in [4.69, 9.17) is 11.1 Å². The van der Waals surface area contributed by atoms with Crippen molar-refractivity contribution < 1.29 is 0 Å². The van der Waals surface area contributed by atoms with Crippen molar-refractivity contribution >= 4 is 28.9 Å². The molecular formula is C12H12N2S2. The van der Waals surface area contributed by atoms with Crippen LogP contribution >= 0.6 is 23.1 Å². The van der Waals surface area contributed by atoms with E-state index in [-0.39, 0.29) is 5.84 Å². The van der Waals surface area contributed by atoms with E-state index in [1.807, 2.05) is 31.2 Å². The van der Waals surface area contributed by atoms with Gasteiger partial charge in [0.15, 0.2) is 0 Å². The fourth-order valence-electron chi connectivity index (χ4n) is 1.36. The van der Waals surface area contributed by atoms with E-state index in [2.05, 4.69) is 11.4 Å². The Bertz CT molecular complexity index is 504. The third-order valence-electron chi connectivity index (χ3n) is 2.19. The molecule has 0 aliphatic carbocycles. The zero-order valence-corrected chi connectivity index (χ0v) is 10.5. The van der Waals surface area contributed by atoms with Crippen LogP contribution in [0.15, 0.2) is 44.8 Å². The lowest BCUT2D eigenvalue weighted by Crippen LogP contribution is -2.10. The summed E-state index contributed by atoms with van der Waals surface area (Å²) in [4.78, 5) is 1.22. The molecular weight excluding hydrogens is 236 g/mol. The van der Waals surface area contributed by atoms with Crippen LogP contribution in [0, 0.1) is 12.3 Å². The van der Waals surface area contributed by atoms with Gasteiger partial charge >= 0.3 is 0 Å². The molecule has 0 radical (unpaired) electrons. The highest BCUT2D eigenvalue weighted by atomic mass is 32.2. The Hall–Kier alpha value is -1.26. The SMILES string of the molecule is Cc1cc(C(=N)N)ccc1Sc1cccs1. The molecule has 2 nitrogen and oxygen atoms in total. The van der Waals surface area contributed by atoms with Crippen LogP contribution in [0.4, 0.5) is 0 Å². The van der Waals surface area contributed by atoms with Gasteiger partial charge in [-0.15, -0.1) is 11.3 Å². The van der Waals surface area contributed by atoms with Gasteiger partial charge in [-0.2, -0.15) is 0 Å². The van der Waals surface area contributed by atoms with Gasteiger partial charge in [0.25, 0.3) is 0 Å². The molecule has 0 saturated carbocycles. The minimum Gasteiger partial charge on any atom is -0.384 e. The average Bonchev–Trinajstić information content (AvgIpc) is 2.73. The van der Waals surface area contributed by atoms with Crippen LogP contribution < -0.4 is 5.73 Å². The molecule has 0 bridgehead atoms. The maximum atomic E-state index is 7.37. The fourth-order valence-corrected chi connectivity index (χ4v) is 3.16. The zero-order valence-electron chi connectivity index (χ0n) is 8.86. The third-order valence-corrected chi connectivity index (χ3v) is 4.41. The van der Waals surface area contributed by atoms with Crippen molar-refractivity contribution in [3.63, 3.8) is 0 Å². The number of hydrogen-bond acceptors (Lipinski definition) is 3. The number of amidine groups is 1. The number of aryl methyl sites for hydroxylation is 1. The second-order valence-electron chi connectivity index (χ2n) is 3.43. The first-order valence-electron chi connectivity index (χ1n) is 4.83. The first kappa shape index (κ1) is 11.2. The smallest absolute Gasteiger partial charge is 0.122 e. The van der Waals surface area contributed by atoms with Gasteiger partial charge in [0.2, 0.25) is 0 Å². The van der Waals surface area contributed by atoms with Crippen molar-refractivity contribution in [1.29, 1.82) is 5.41 Å². The molecule has 0 fully saturated rings. The number of nitrogen functional groups attached to an aromatic ring is 1. The first-order valence-corrected chi connectivity index (χ1v) is 6.53. The monoisotopic (exact) mass is 248 g/mol. The van der Waals surface area contributed by atoms with E-state index in [0.29, 0.717) is 0 Å². The molecule has 0 saturated heterocycles. The number of hydrogen-bond donors (Lipinski definition) is 2. The van der Waals surface area contributed by atoms with Gasteiger partial charge in [0.1, 0.15) is 5.84 Å². The maximum absolute atomic E-state index is 7.37. The molecule has 82 valence electrons. The van der Waals surface area contributed by atoms with E-state index in [9.17, 15) is 0 Å². The van der Waals surface area contributed by atoms with Crippen LogP contribution in [0.5, 0.6) is 0 Å². The number of benzene rings is 1. The molecule has 1 aromatic carbocycles. The van der Waals surface area contributed by atoms with E-state index >= 15 is 0 Å². The summed E-state index contributed by atoms with van der Waals surface area (Å²) in [5.41, 5.74) is 7.39. The van der Waals surface area contributed by atoms with Gasteiger partial charge in [-0.05, 0) is 36.1 Å². The summed E-state index contributed by atoms with van der Waals surface area (Å²) in [5, 5.41) is 9.44. The van der Waals surface area contributed by atoms with Gasteiger partial charge in [0, 0.05) is 10.5 Å². The third kappa shape index (κ3) is 2.46. The van der Waals surface area contributed by atoms with Gasteiger partial charge in [-0.1, -0.05) is 23.9 Å². The van der Waals surface area contributed by atoms with E-state index in [1.54, 1.807) is 23.1 Å². The summed E-state index contributed by atoms with van der Waals surface area (Å²) in [7, 11) is 0. The molecule has 2 aromatic rings. The Morgan fingerprint density at radius 3 is 2.75 bits per heavy atom. The summed E-state index contributed by atoms with van der Waals surface area (Å²) in [5.74, 6) is 0.121. The van der Waals surface area contributed by atoms with Crippen molar-refractivity contribution in [3.8, 4) is 0 Å². The lowest BCUT2D eigenvalue weighted by atomic mass is 10.1. The quantitative estimate of drug-likeness (QED) is 0.645. The van der Waals surface area contributed by atoms with Crippen LogP contribution in [-0.4, -0.2) is 5.84 Å². The molecule has 16 heavy (non-hydrogen) atoms. The highest BCUT2D eigenvalue weighted by Crippen LogP contribution is 2.33. The molecule has 4 heteroatoms. The molecule has 1 heterocycles. The minimum atomic E-state index is 0.121. The highest BCUT2D eigenvalue weighted by molar-refractivity contribution is 8.01. The lowest BCUT2D eigenvalue weighted by Gasteiger charge is -2.06. The van der Waals surface area contributed by atoms with Gasteiger partial charge in [0.05, 0.1) is 4.21 Å². The van der Waals surface area contributed by atoms with Crippen molar-refractivity contribution in [3.05, 3.63) is 46.8 Å². The van der Waals surface area contributed by atoms with Gasteiger partial charge in [-0.3, -0.25) is 5.41 Å². The topological polar surface area (TPSA) is 49.9 Å². The Balaban J connectivity index is 2.26. The minimum absolute atomic E-state index is 0.121. The van der Waals surface area contributed by atoms with Crippen molar-refractivity contribution in [2.75, 3.05) is 0 Å². The van der Waals surface area contributed by atoms with E-state index in [0.717, 1.165) is 11.1 Å². The summed E-state index contributed by atoms with van der Waals surface area (Å²) >= 11 is 3.48. The Labute approximate surface area is 103 Å². The number of nitrogens with one attached hydrogen (secondary N) is 1. The summed E-state index contributed by atoms with van der Waals surface area (Å²) in [6.45, 7) is 2.04. The van der Waals surface area contributed by atoms with Crippen LogP contribution in [0.2, 0.25) is 0 Å². The lowest BCUT2D eigenvalue weighted by molar-refractivity contribution is 1.28. The van der Waals surface area contributed by atoms with Crippen molar-refractivity contribution in [1.82, 2.24) is 0 Å². The molecule has 2 rings (SSSR count). The Morgan fingerprint density at radius 2 is 2.19 bits per heavy atom. The van der Waals surface area contributed by atoms with Crippen molar-refractivity contribution in [2.45, 2.75) is 16.0 Å². The highest BCUT2D eigenvalue weighted by Gasteiger charge is 2.04. The average molecular weight is 248 g/mol. The predicted molar refractivity (Wildman–Crippen MR) is 70.6 cm³/mol. The largest absolute Gasteiger partial charge is 0.384 e. The standard InChI is InChI=1S/C12H12N2S2/c1-8-7-9(12(13)14)4-5-10(8)16-11-3-2-6-15-11/h2-7H,1H3,(H3,13,14). The molecule has 0 aliphatic rings. The van der Waals surface area contributed by atoms with Gasteiger partial charge < -0.3 is 5.73 Å². The van der Waals surface area contributed by atoms with Crippen molar-refractivity contribution in [2.24, 2.45) is 5.73 Å². The summed E-state index contributed by atoms with van der Waals surface area (Å²) in [6, 6.07) is 10.0. The van der Waals surface area contributed by atoms with E-state index in [1.165, 1.54) is 9.10 Å². The molecule has 0 aliphatic heterocycles. The molecule has 0 amide bonds. The van der Waals surface area contributed by atoms with Crippen LogP contribution in [-0.2, 0) is 0 Å². The first-order chi connectivity index (χ1) is 7.66. The predicted octanol–water partition coefficient (Wildman–Crippen LogP) is 3.49. The molecule has 0 spiro atoms. The number of thiophene rings is 1. The summed E-state index contributed by atoms with van der Waals surface area (Å²) < 4.78 is 1.28. The summed E-state index contributed by atoms with van der Waals surface area (Å²) in [6.07, 6.45) is 0. The molecule has 3 N–H and O–H groups in total. The zero-order chi connectivity index (χ0) is 11.5. The normalized spacial score (nSPS) is 10.3. The Kier molecular flexibility index (Phi) is 3.31. The van der Waals surface area contributed by atoms with E-state index < -0.39 is 0 Å². The van der Waals surface area contributed by atoms with Crippen LogP contribution in [0.3, 0.4) is 0 Å². The number of rotatable bonds is 3. The van der Waals surface area contributed by atoms with Crippen LogP contribution in [0.1, 0.15) is 11.1 Å². The molecule has 0 unspecified atom stereocenters. The Morgan fingerprint density at radius 1 is 1.38 bits per heavy atom. The molecule has 0 atom stereocenters.